The molecule has 0 radical (unpaired) electrons. The number of pyridine rings is 1. The highest BCUT2D eigenvalue weighted by molar-refractivity contribution is 6.00. The number of hydrogen-bond acceptors (Lipinski definition) is 7. The zero-order chi connectivity index (χ0) is 20.3. The van der Waals surface area contributed by atoms with E-state index in [1.54, 1.807) is 12.4 Å². The van der Waals surface area contributed by atoms with E-state index in [0.29, 0.717) is 37.0 Å². The maximum atomic E-state index is 13.5. The van der Waals surface area contributed by atoms with E-state index in [1.807, 2.05) is 41.3 Å². The average Bonchev–Trinajstić information content (AvgIpc) is 3.49. The Balaban J connectivity index is 1.41. The number of likely N-dealkylation sites (tertiary alicyclic amines) is 1. The molecule has 1 amide bonds. The van der Waals surface area contributed by atoms with E-state index in [4.69, 9.17) is 9.26 Å². The number of morpholine rings is 1. The Labute approximate surface area is 174 Å². The molecule has 8 nitrogen and oxygen atoms in total. The van der Waals surface area contributed by atoms with Gasteiger partial charge in [-0.2, -0.15) is 4.98 Å². The molecule has 1 aromatic carbocycles. The third kappa shape index (κ3) is 3.54. The average molecular weight is 405 g/mol. The lowest BCUT2D eigenvalue weighted by atomic mass is 10.1. The maximum absolute atomic E-state index is 13.5. The van der Waals surface area contributed by atoms with Crippen molar-refractivity contribution in [3.8, 4) is 11.4 Å². The number of benzene rings is 1. The molecule has 3 aromatic rings. The molecule has 4 heterocycles. The van der Waals surface area contributed by atoms with Gasteiger partial charge in [-0.05, 0) is 37.1 Å². The van der Waals surface area contributed by atoms with Crippen LogP contribution in [0.1, 0.15) is 35.1 Å². The molecule has 30 heavy (non-hydrogen) atoms. The standard InChI is InChI=1S/C22H23N5O3/c28-22(17-6-1-2-7-18(17)26-11-13-29-14-12-26)27-10-4-8-19(27)21-24-20(25-30-21)16-5-3-9-23-15-16/h1-3,5-7,9,15,19H,4,8,10-14H2/t19-/m0/s1. The summed E-state index contributed by atoms with van der Waals surface area (Å²) in [6.45, 7) is 3.59. The topological polar surface area (TPSA) is 84.6 Å². The van der Waals surface area contributed by atoms with E-state index < -0.39 is 0 Å². The van der Waals surface area contributed by atoms with Crippen molar-refractivity contribution in [1.29, 1.82) is 0 Å². The van der Waals surface area contributed by atoms with Crippen molar-refractivity contribution < 1.29 is 14.1 Å². The van der Waals surface area contributed by atoms with Gasteiger partial charge in [0.1, 0.15) is 6.04 Å². The first-order valence-electron chi connectivity index (χ1n) is 10.3. The molecule has 0 saturated carbocycles. The number of carbonyl (C=O) groups excluding carboxylic acids is 1. The summed E-state index contributed by atoms with van der Waals surface area (Å²) in [5.74, 6) is 0.968. The van der Waals surface area contributed by atoms with Crippen LogP contribution in [0.4, 0.5) is 5.69 Å². The first-order valence-corrected chi connectivity index (χ1v) is 10.3. The second-order valence-corrected chi connectivity index (χ2v) is 7.47. The highest BCUT2D eigenvalue weighted by Crippen LogP contribution is 2.35. The maximum Gasteiger partial charge on any atom is 0.256 e. The molecule has 0 N–H and O–H groups in total. The summed E-state index contributed by atoms with van der Waals surface area (Å²) in [6, 6.07) is 11.3. The number of para-hydroxylation sites is 1. The van der Waals surface area contributed by atoms with Gasteiger partial charge in [0.15, 0.2) is 0 Å². The molecule has 1 atom stereocenters. The van der Waals surface area contributed by atoms with Crippen LogP contribution in [0.3, 0.4) is 0 Å². The number of amides is 1. The Bertz CT molecular complexity index is 1020. The van der Waals surface area contributed by atoms with Crippen LogP contribution in [0.15, 0.2) is 53.3 Å². The molecule has 0 aliphatic carbocycles. The molecule has 8 heteroatoms. The number of ether oxygens (including phenoxy) is 1. The number of anilines is 1. The van der Waals surface area contributed by atoms with Crippen molar-refractivity contribution in [3.63, 3.8) is 0 Å². The number of rotatable bonds is 4. The van der Waals surface area contributed by atoms with E-state index >= 15 is 0 Å². The molecular formula is C22H23N5O3. The van der Waals surface area contributed by atoms with Crippen LogP contribution in [0, 0.1) is 0 Å². The van der Waals surface area contributed by atoms with Crippen LogP contribution < -0.4 is 4.90 Å². The number of nitrogens with zero attached hydrogens (tertiary/aromatic N) is 5. The predicted octanol–water partition coefficient (Wildman–Crippen LogP) is 2.95. The SMILES string of the molecule is O=C(c1ccccc1N1CCOCC1)N1CCC[C@H]1c1nc(-c2cccnc2)no1. The van der Waals surface area contributed by atoms with Crippen LogP contribution in [0.2, 0.25) is 0 Å². The molecule has 0 unspecified atom stereocenters. The zero-order valence-corrected chi connectivity index (χ0v) is 16.6. The molecule has 0 spiro atoms. The van der Waals surface area contributed by atoms with Gasteiger partial charge in [-0.3, -0.25) is 9.78 Å². The minimum atomic E-state index is -0.215. The van der Waals surface area contributed by atoms with Crippen molar-refractivity contribution in [1.82, 2.24) is 20.0 Å². The van der Waals surface area contributed by atoms with Crippen molar-refractivity contribution in [3.05, 3.63) is 60.2 Å². The second kappa shape index (κ2) is 8.23. The van der Waals surface area contributed by atoms with E-state index in [1.165, 1.54) is 0 Å². The van der Waals surface area contributed by atoms with Gasteiger partial charge >= 0.3 is 0 Å². The van der Waals surface area contributed by atoms with Gasteiger partial charge in [0.05, 0.1) is 18.8 Å². The molecule has 0 bridgehead atoms. The highest BCUT2D eigenvalue weighted by atomic mass is 16.5. The molecule has 2 fully saturated rings. The fraction of sp³-hybridized carbons (Fsp3) is 0.364. The van der Waals surface area contributed by atoms with Gasteiger partial charge in [-0.1, -0.05) is 17.3 Å². The van der Waals surface area contributed by atoms with Gasteiger partial charge < -0.3 is 19.1 Å². The number of hydrogen-bond donors (Lipinski definition) is 0. The van der Waals surface area contributed by atoms with Crippen LogP contribution in [0.5, 0.6) is 0 Å². The summed E-state index contributed by atoms with van der Waals surface area (Å²) < 4.78 is 11.0. The van der Waals surface area contributed by atoms with Crippen molar-refractivity contribution >= 4 is 11.6 Å². The van der Waals surface area contributed by atoms with Gasteiger partial charge in [-0.15, -0.1) is 0 Å². The van der Waals surface area contributed by atoms with Crippen molar-refractivity contribution in [2.45, 2.75) is 18.9 Å². The minimum Gasteiger partial charge on any atom is -0.378 e. The first-order chi connectivity index (χ1) is 14.8. The zero-order valence-electron chi connectivity index (χ0n) is 16.6. The summed E-state index contributed by atoms with van der Waals surface area (Å²) in [6.07, 6.45) is 5.11. The van der Waals surface area contributed by atoms with Crippen LogP contribution in [0.25, 0.3) is 11.4 Å². The Morgan fingerprint density at radius 2 is 1.93 bits per heavy atom. The third-order valence-electron chi connectivity index (χ3n) is 5.65. The molecule has 2 aliphatic heterocycles. The van der Waals surface area contributed by atoms with Crippen molar-refractivity contribution in [2.75, 3.05) is 37.7 Å². The largest absolute Gasteiger partial charge is 0.378 e. The van der Waals surface area contributed by atoms with E-state index in [0.717, 1.165) is 37.2 Å². The van der Waals surface area contributed by atoms with Gasteiger partial charge in [0, 0.05) is 43.3 Å². The summed E-state index contributed by atoms with van der Waals surface area (Å²) in [5.41, 5.74) is 2.46. The Morgan fingerprint density at radius 1 is 1.07 bits per heavy atom. The molecule has 5 rings (SSSR count). The Morgan fingerprint density at radius 3 is 2.77 bits per heavy atom. The third-order valence-corrected chi connectivity index (χ3v) is 5.65. The Hall–Kier alpha value is -3.26. The van der Waals surface area contributed by atoms with E-state index in [-0.39, 0.29) is 11.9 Å². The number of carbonyl (C=O) groups is 1. The second-order valence-electron chi connectivity index (χ2n) is 7.47. The van der Waals surface area contributed by atoms with Crippen LogP contribution >= 0.6 is 0 Å². The van der Waals surface area contributed by atoms with Crippen LogP contribution in [-0.2, 0) is 4.74 Å². The highest BCUT2D eigenvalue weighted by Gasteiger charge is 2.35. The predicted molar refractivity (Wildman–Crippen MR) is 110 cm³/mol. The number of aromatic nitrogens is 3. The molecule has 2 saturated heterocycles. The summed E-state index contributed by atoms with van der Waals surface area (Å²) >= 11 is 0. The summed E-state index contributed by atoms with van der Waals surface area (Å²) in [7, 11) is 0. The minimum absolute atomic E-state index is 0.000666. The van der Waals surface area contributed by atoms with E-state index in [2.05, 4.69) is 20.0 Å². The van der Waals surface area contributed by atoms with Gasteiger partial charge in [0.25, 0.3) is 5.91 Å². The first kappa shape index (κ1) is 18.7. The lowest BCUT2D eigenvalue weighted by Gasteiger charge is -2.31. The van der Waals surface area contributed by atoms with Crippen molar-refractivity contribution in [2.24, 2.45) is 0 Å². The molecule has 2 aliphatic rings. The monoisotopic (exact) mass is 405 g/mol. The fourth-order valence-electron chi connectivity index (χ4n) is 4.14. The quantitative estimate of drug-likeness (QED) is 0.660. The molecule has 2 aromatic heterocycles. The molecular weight excluding hydrogens is 382 g/mol. The lowest BCUT2D eigenvalue weighted by molar-refractivity contribution is 0.0709. The van der Waals surface area contributed by atoms with Crippen LogP contribution in [-0.4, -0.2) is 58.8 Å². The summed E-state index contributed by atoms with van der Waals surface area (Å²) in [5, 5.41) is 4.10. The summed E-state index contributed by atoms with van der Waals surface area (Å²) in [4.78, 5) is 26.3. The van der Waals surface area contributed by atoms with E-state index in [9.17, 15) is 4.79 Å². The van der Waals surface area contributed by atoms with Gasteiger partial charge in [-0.25, -0.2) is 0 Å². The lowest BCUT2D eigenvalue weighted by Crippen LogP contribution is -2.38. The van der Waals surface area contributed by atoms with Gasteiger partial charge in [0.2, 0.25) is 11.7 Å². The fourth-order valence-corrected chi connectivity index (χ4v) is 4.14. The Kier molecular flexibility index (Phi) is 5.15. The molecule has 154 valence electrons. The normalized spacial score (nSPS) is 19.3. The smallest absolute Gasteiger partial charge is 0.256 e.